The highest BCUT2D eigenvalue weighted by atomic mass is 16.5. The van der Waals surface area contributed by atoms with Gasteiger partial charge in [-0.25, -0.2) is 0 Å². The smallest absolute Gasteiger partial charge is 0.163 e. The fourth-order valence-corrected chi connectivity index (χ4v) is 1.77. The number of ketones is 1. The summed E-state index contributed by atoms with van der Waals surface area (Å²) in [6, 6.07) is 3.78. The summed E-state index contributed by atoms with van der Waals surface area (Å²) in [4.78, 5) is 11.8. The van der Waals surface area contributed by atoms with E-state index in [1.165, 1.54) is 0 Å². The van der Waals surface area contributed by atoms with Gasteiger partial charge < -0.3 is 4.74 Å². The van der Waals surface area contributed by atoms with Gasteiger partial charge in [0.05, 0.1) is 6.61 Å². The number of benzene rings is 1. The Kier molecular flexibility index (Phi) is 4.53. The highest BCUT2D eigenvalue weighted by Gasteiger charge is 2.12. The minimum atomic E-state index is 0.228. The lowest BCUT2D eigenvalue weighted by atomic mass is 9.97. The molecule has 0 aromatic heterocycles. The summed E-state index contributed by atoms with van der Waals surface area (Å²) in [5.41, 5.74) is 2.95. The molecule has 0 N–H and O–H groups in total. The van der Waals surface area contributed by atoms with E-state index < -0.39 is 0 Å². The van der Waals surface area contributed by atoms with E-state index in [1.807, 2.05) is 39.8 Å². The van der Waals surface area contributed by atoms with Crippen LogP contribution in [0.3, 0.4) is 0 Å². The fraction of sp³-hybridized carbons (Fsp3) is 0.500. The standard InChI is InChI=1S/C14H20O2/c1-5-7-13(15)12-8-9-14(16-6-2)11(4)10(12)3/h8-9H,5-7H2,1-4H3. The van der Waals surface area contributed by atoms with E-state index in [1.54, 1.807) is 0 Å². The Bertz CT molecular complexity index is 381. The Balaban J connectivity index is 3.06. The van der Waals surface area contributed by atoms with Crippen molar-refractivity contribution in [1.29, 1.82) is 0 Å². The maximum Gasteiger partial charge on any atom is 0.163 e. The van der Waals surface area contributed by atoms with Gasteiger partial charge in [-0.2, -0.15) is 0 Å². The Morgan fingerprint density at radius 1 is 1.19 bits per heavy atom. The van der Waals surface area contributed by atoms with Gasteiger partial charge in [-0.3, -0.25) is 4.79 Å². The molecular weight excluding hydrogens is 200 g/mol. The zero-order valence-electron chi connectivity index (χ0n) is 10.6. The molecule has 1 aromatic carbocycles. The third-order valence-corrected chi connectivity index (χ3v) is 2.81. The van der Waals surface area contributed by atoms with Crippen LogP contribution >= 0.6 is 0 Å². The molecule has 0 saturated carbocycles. The monoisotopic (exact) mass is 220 g/mol. The highest BCUT2D eigenvalue weighted by molar-refractivity contribution is 5.97. The van der Waals surface area contributed by atoms with Gasteiger partial charge in [0.2, 0.25) is 0 Å². The Labute approximate surface area is 97.6 Å². The molecule has 0 saturated heterocycles. The quantitative estimate of drug-likeness (QED) is 0.707. The van der Waals surface area contributed by atoms with E-state index in [0.29, 0.717) is 13.0 Å². The molecule has 0 spiro atoms. The molecule has 2 heteroatoms. The first-order valence-corrected chi connectivity index (χ1v) is 5.88. The minimum absolute atomic E-state index is 0.228. The number of hydrogen-bond donors (Lipinski definition) is 0. The molecule has 1 rings (SSSR count). The Morgan fingerprint density at radius 2 is 1.88 bits per heavy atom. The highest BCUT2D eigenvalue weighted by Crippen LogP contribution is 2.25. The number of carbonyl (C=O) groups is 1. The molecule has 0 unspecified atom stereocenters. The zero-order chi connectivity index (χ0) is 12.1. The van der Waals surface area contributed by atoms with Crippen molar-refractivity contribution in [2.75, 3.05) is 6.61 Å². The average Bonchev–Trinajstić information content (AvgIpc) is 2.25. The van der Waals surface area contributed by atoms with Crippen molar-refractivity contribution in [2.24, 2.45) is 0 Å². The van der Waals surface area contributed by atoms with Crippen LogP contribution in [0.25, 0.3) is 0 Å². The van der Waals surface area contributed by atoms with Crippen LogP contribution < -0.4 is 4.74 Å². The molecule has 0 aliphatic carbocycles. The normalized spacial score (nSPS) is 10.2. The number of hydrogen-bond acceptors (Lipinski definition) is 2. The van der Waals surface area contributed by atoms with E-state index in [0.717, 1.165) is 28.9 Å². The van der Waals surface area contributed by atoms with Crippen molar-refractivity contribution in [3.63, 3.8) is 0 Å². The maximum absolute atomic E-state index is 11.8. The summed E-state index contributed by atoms with van der Waals surface area (Å²) in [7, 11) is 0. The van der Waals surface area contributed by atoms with Crippen molar-refractivity contribution < 1.29 is 9.53 Å². The summed E-state index contributed by atoms with van der Waals surface area (Å²) in [6.45, 7) is 8.63. The van der Waals surface area contributed by atoms with Crippen LogP contribution in [-0.4, -0.2) is 12.4 Å². The van der Waals surface area contributed by atoms with Crippen molar-refractivity contribution in [1.82, 2.24) is 0 Å². The van der Waals surface area contributed by atoms with Crippen molar-refractivity contribution >= 4 is 5.78 Å². The molecule has 0 bridgehead atoms. The van der Waals surface area contributed by atoms with Gasteiger partial charge in [-0.05, 0) is 50.5 Å². The second-order valence-electron chi connectivity index (χ2n) is 3.97. The van der Waals surface area contributed by atoms with Crippen LogP contribution in [-0.2, 0) is 0 Å². The second kappa shape index (κ2) is 5.69. The van der Waals surface area contributed by atoms with Gasteiger partial charge >= 0.3 is 0 Å². The molecular formula is C14H20O2. The summed E-state index contributed by atoms with van der Waals surface area (Å²) in [6.07, 6.45) is 1.51. The fourth-order valence-electron chi connectivity index (χ4n) is 1.77. The summed E-state index contributed by atoms with van der Waals surface area (Å²) in [5, 5.41) is 0. The van der Waals surface area contributed by atoms with Gasteiger partial charge in [-0.15, -0.1) is 0 Å². The minimum Gasteiger partial charge on any atom is -0.494 e. The van der Waals surface area contributed by atoms with Gasteiger partial charge in [0, 0.05) is 12.0 Å². The Hall–Kier alpha value is -1.31. The predicted octanol–water partition coefficient (Wildman–Crippen LogP) is 3.68. The Morgan fingerprint density at radius 3 is 2.44 bits per heavy atom. The zero-order valence-corrected chi connectivity index (χ0v) is 10.6. The van der Waals surface area contributed by atoms with Crippen LogP contribution in [0.1, 0.15) is 48.2 Å². The third-order valence-electron chi connectivity index (χ3n) is 2.81. The molecule has 0 aliphatic heterocycles. The van der Waals surface area contributed by atoms with E-state index >= 15 is 0 Å². The largest absolute Gasteiger partial charge is 0.494 e. The van der Waals surface area contributed by atoms with Gasteiger partial charge in [0.25, 0.3) is 0 Å². The first kappa shape index (κ1) is 12.8. The summed E-state index contributed by atoms with van der Waals surface area (Å²) < 4.78 is 5.50. The molecule has 88 valence electrons. The number of carbonyl (C=O) groups excluding carboxylic acids is 1. The average molecular weight is 220 g/mol. The van der Waals surface area contributed by atoms with Crippen LogP contribution in [0.5, 0.6) is 5.75 Å². The molecule has 0 fully saturated rings. The molecule has 1 aromatic rings. The molecule has 0 radical (unpaired) electrons. The topological polar surface area (TPSA) is 26.3 Å². The third kappa shape index (κ3) is 2.63. The van der Waals surface area contributed by atoms with Crippen molar-refractivity contribution in [3.05, 3.63) is 28.8 Å². The van der Waals surface area contributed by atoms with Crippen LogP contribution in [0.4, 0.5) is 0 Å². The lowest BCUT2D eigenvalue weighted by molar-refractivity contribution is 0.0981. The van der Waals surface area contributed by atoms with E-state index in [-0.39, 0.29) is 5.78 Å². The van der Waals surface area contributed by atoms with Crippen molar-refractivity contribution in [2.45, 2.75) is 40.5 Å². The van der Waals surface area contributed by atoms with Crippen LogP contribution in [0.15, 0.2) is 12.1 Å². The summed E-state index contributed by atoms with van der Waals surface area (Å²) in [5.74, 6) is 1.11. The van der Waals surface area contributed by atoms with Crippen molar-refractivity contribution in [3.8, 4) is 5.75 Å². The first-order valence-electron chi connectivity index (χ1n) is 5.88. The lowest BCUT2D eigenvalue weighted by Crippen LogP contribution is -2.04. The maximum atomic E-state index is 11.8. The lowest BCUT2D eigenvalue weighted by Gasteiger charge is -2.12. The van der Waals surface area contributed by atoms with Gasteiger partial charge in [0.1, 0.15) is 5.75 Å². The first-order chi connectivity index (χ1) is 7.61. The summed E-state index contributed by atoms with van der Waals surface area (Å²) >= 11 is 0. The predicted molar refractivity (Wildman–Crippen MR) is 66.3 cm³/mol. The van der Waals surface area contributed by atoms with Gasteiger partial charge in [-0.1, -0.05) is 6.92 Å². The van der Waals surface area contributed by atoms with E-state index in [2.05, 4.69) is 0 Å². The second-order valence-corrected chi connectivity index (χ2v) is 3.97. The molecule has 0 aliphatic rings. The van der Waals surface area contributed by atoms with E-state index in [9.17, 15) is 4.79 Å². The number of rotatable bonds is 5. The van der Waals surface area contributed by atoms with E-state index in [4.69, 9.17) is 4.74 Å². The van der Waals surface area contributed by atoms with Gasteiger partial charge in [0.15, 0.2) is 5.78 Å². The molecule has 2 nitrogen and oxygen atoms in total. The molecule has 0 atom stereocenters. The van der Waals surface area contributed by atoms with Crippen LogP contribution in [0.2, 0.25) is 0 Å². The number of Topliss-reactive ketones (excluding diaryl/α,β-unsaturated/α-hetero) is 1. The number of ether oxygens (including phenoxy) is 1. The molecule has 0 heterocycles. The SMILES string of the molecule is CCCC(=O)c1ccc(OCC)c(C)c1C. The van der Waals surface area contributed by atoms with Crippen LogP contribution in [0, 0.1) is 13.8 Å². The molecule has 0 amide bonds. The molecule has 16 heavy (non-hydrogen) atoms.